The molecule has 1 aromatic carbocycles. The summed E-state index contributed by atoms with van der Waals surface area (Å²) in [6.45, 7) is 4.53. The summed E-state index contributed by atoms with van der Waals surface area (Å²) in [5.74, 6) is -0.448. The average molecular weight is 199 g/mol. The maximum atomic E-state index is 14.2. The van der Waals surface area contributed by atoms with E-state index in [0.29, 0.717) is 0 Å². The zero-order valence-corrected chi connectivity index (χ0v) is 8.64. The number of halogens is 2. The monoisotopic (exact) mass is 199 g/mol. The Morgan fingerprint density at radius 1 is 1.21 bits per heavy atom. The van der Waals surface area contributed by atoms with Crippen molar-refractivity contribution in [3.63, 3.8) is 0 Å². The van der Waals surface area contributed by atoms with Gasteiger partial charge in [-0.15, -0.1) is 0 Å². The second-order valence-electron chi connectivity index (χ2n) is 4.23. The number of alkyl halides is 1. The highest BCUT2D eigenvalue weighted by atomic mass is 19.1. The molecular formula is C11H15F2N. The van der Waals surface area contributed by atoms with Crippen LogP contribution < -0.4 is 5.73 Å². The number of nitrogens with two attached hydrogens (primary N) is 1. The first-order chi connectivity index (χ1) is 6.25. The second kappa shape index (κ2) is 3.31. The molecule has 3 heteroatoms. The third kappa shape index (κ3) is 1.93. The molecule has 0 aliphatic heterocycles. The SMILES string of the molecule is CC(C)(N)C(C)(F)c1cccc(F)c1. The predicted molar refractivity (Wildman–Crippen MR) is 53.1 cm³/mol. The molecule has 0 aliphatic carbocycles. The summed E-state index contributed by atoms with van der Waals surface area (Å²) in [5, 5.41) is 0. The predicted octanol–water partition coefficient (Wildman–Crippen LogP) is 2.75. The first-order valence-corrected chi connectivity index (χ1v) is 4.49. The van der Waals surface area contributed by atoms with E-state index < -0.39 is 17.0 Å². The Hall–Kier alpha value is -0.960. The summed E-state index contributed by atoms with van der Waals surface area (Å²) >= 11 is 0. The van der Waals surface area contributed by atoms with Gasteiger partial charge in [-0.25, -0.2) is 8.78 Å². The summed E-state index contributed by atoms with van der Waals surface area (Å²) in [4.78, 5) is 0. The topological polar surface area (TPSA) is 26.0 Å². The highest BCUT2D eigenvalue weighted by molar-refractivity contribution is 5.26. The molecule has 78 valence electrons. The van der Waals surface area contributed by atoms with Crippen LogP contribution in [0, 0.1) is 5.82 Å². The highest BCUT2D eigenvalue weighted by Crippen LogP contribution is 2.34. The van der Waals surface area contributed by atoms with Crippen LogP contribution in [0.5, 0.6) is 0 Å². The Morgan fingerprint density at radius 2 is 1.79 bits per heavy atom. The van der Waals surface area contributed by atoms with Crippen LogP contribution in [0.1, 0.15) is 26.3 Å². The van der Waals surface area contributed by atoms with E-state index in [1.54, 1.807) is 13.8 Å². The zero-order valence-electron chi connectivity index (χ0n) is 8.64. The van der Waals surface area contributed by atoms with Crippen LogP contribution in [0.15, 0.2) is 24.3 Å². The van der Waals surface area contributed by atoms with Crippen LogP contribution in [-0.4, -0.2) is 5.54 Å². The van der Waals surface area contributed by atoms with Gasteiger partial charge in [0.05, 0.1) is 0 Å². The van der Waals surface area contributed by atoms with Crippen molar-refractivity contribution in [3.8, 4) is 0 Å². The average Bonchev–Trinajstić information content (AvgIpc) is 2.02. The lowest BCUT2D eigenvalue weighted by Gasteiger charge is -2.34. The highest BCUT2D eigenvalue weighted by Gasteiger charge is 2.40. The molecule has 1 aromatic rings. The lowest BCUT2D eigenvalue weighted by atomic mass is 9.81. The summed E-state index contributed by atoms with van der Waals surface area (Å²) < 4.78 is 27.1. The fraction of sp³-hybridized carbons (Fsp3) is 0.455. The van der Waals surface area contributed by atoms with Gasteiger partial charge in [-0.05, 0) is 38.5 Å². The lowest BCUT2D eigenvalue weighted by molar-refractivity contribution is 0.0951. The van der Waals surface area contributed by atoms with Gasteiger partial charge in [0.1, 0.15) is 5.82 Å². The van der Waals surface area contributed by atoms with E-state index >= 15 is 0 Å². The Balaban J connectivity index is 3.16. The van der Waals surface area contributed by atoms with Gasteiger partial charge < -0.3 is 5.73 Å². The van der Waals surface area contributed by atoms with E-state index in [4.69, 9.17) is 5.73 Å². The van der Waals surface area contributed by atoms with Gasteiger partial charge in [0, 0.05) is 5.54 Å². The number of rotatable bonds is 2. The van der Waals surface area contributed by atoms with Gasteiger partial charge in [0.25, 0.3) is 0 Å². The van der Waals surface area contributed by atoms with Crippen LogP contribution in [-0.2, 0) is 5.67 Å². The fourth-order valence-electron chi connectivity index (χ4n) is 1.15. The minimum atomic E-state index is -1.74. The van der Waals surface area contributed by atoms with Crippen LogP contribution in [0.4, 0.5) is 8.78 Å². The zero-order chi connectivity index (χ0) is 11.0. The summed E-state index contributed by atoms with van der Waals surface area (Å²) in [5.41, 5.74) is 3.18. The minimum Gasteiger partial charge on any atom is -0.323 e. The van der Waals surface area contributed by atoms with Crippen molar-refractivity contribution in [1.29, 1.82) is 0 Å². The van der Waals surface area contributed by atoms with Gasteiger partial charge >= 0.3 is 0 Å². The quantitative estimate of drug-likeness (QED) is 0.778. The van der Waals surface area contributed by atoms with Crippen molar-refractivity contribution in [1.82, 2.24) is 0 Å². The third-order valence-corrected chi connectivity index (χ3v) is 2.58. The van der Waals surface area contributed by atoms with Crippen molar-refractivity contribution >= 4 is 0 Å². The number of hydrogen-bond donors (Lipinski definition) is 1. The van der Waals surface area contributed by atoms with E-state index in [9.17, 15) is 8.78 Å². The Bertz CT molecular complexity index is 326. The molecule has 0 spiro atoms. The van der Waals surface area contributed by atoms with E-state index in [-0.39, 0.29) is 5.56 Å². The van der Waals surface area contributed by atoms with E-state index in [1.165, 1.54) is 31.2 Å². The van der Waals surface area contributed by atoms with Gasteiger partial charge in [-0.1, -0.05) is 12.1 Å². The molecule has 1 rings (SSSR count). The molecular weight excluding hydrogens is 184 g/mol. The molecule has 0 radical (unpaired) electrons. The fourth-order valence-corrected chi connectivity index (χ4v) is 1.15. The molecule has 2 N–H and O–H groups in total. The molecule has 1 unspecified atom stereocenters. The molecule has 0 aliphatic rings. The second-order valence-corrected chi connectivity index (χ2v) is 4.23. The van der Waals surface area contributed by atoms with E-state index in [1.807, 2.05) is 0 Å². The summed E-state index contributed by atoms with van der Waals surface area (Å²) in [6, 6.07) is 5.48. The van der Waals surface area contributed by atoms with E-state index in [0.717, 1.165) is 0 Å². The van der Waals surface area contributed by atoms with Crippen LogP contribution in [0.2, 0.25) is 0 Å². The molecule has 0 saturated carbocycles. The van der Waals surface area contributed by atoms with Crippen LogP contribution in [0.25, 0.3) is 0 Å². The van der Waals surface area contributed by atoms with Crippen LogP contribution in [0.3, 0.4) is 0 Å². The third-order valence-electron chi connectivity index (χ3n) is 2.58. The Labute approximate surface area is 82.9 Å². The maximum Gasteiger partial charge on any atom is 0.150 e. The first kappa shape index (κ1) is 11.1. The molecule has 1 atom stereocenters. The lowest BCUT2D eigenvalue weighted by Crippen LogP contribution is -2.49. The molecule has 0 amide bonds. The summed E-state index contributed by atoms with van der Waals surface area (Å²) in [7, 11) is 0. The molecule has 0 aromatic heterocycles. The van der Waals surface area contributed by atoms with Gasteiger partial charge in [0.15, 0.2) is 5.67 Å². The van der Waals surface area contributed by atoms with Crippen molar-refractivity contribution in [2.75, 3.05) is 0 Å². The van der Waals surface area contributed by atoms with Crippen molar-refractivity contribution in [2.24, 2.45) is 5.73 Å². The molecule has 14 heavy (non-hydrogen) atoms. The Morgan fingerprint density at radius 3 is 2.21 bits per heavy atom. The van der Waals surface area contributed by atoms with Crippen LogP contribution >= 0.6 is 0 Å². The van der Waals surface area contributed by atoms with Crippen molar-refractivity contribution < 1.29 is 8.78 Å². The van der Waals surface area contributed by atoms with Gasteiger partial charge in [-0.3, -0.25) is 0 Å². The standard InChI is InChI=1S/C11H15F2N/c1-10(2,14)11(3,13)8-5-4-6-9(12)7-8/h4-7H,14H2,1-3H3. The summed E-state index contributed by atoms with van der Waals surface area (Å²) in [6.07, 6.45) is 0. The van der Waals surface area contributed by atoms with Crippen molar-refractivity contribution in [3.05, 3.63) is 35.6 Å². The molecule has 1 nitrogen and oxygen atoms in total. The van der Waals surface area contributed by atoms with Crippen molar-refractivity contribution in [2.45, 2.75) is 32.0 Å². The molecule has 0 fully saturated rings. The molecule has 0 heterocycles. The normalized spacial score (nSPS) is 16.4. The minimum absolute atomic E-state index is 0.269. The molecule has 0 saturated heterocycles. The Kier molecular flexibility index (Phi) is 2.63. The number of benzene rings is 1. The molecule has 0 bridgehead atoms. The number of hydrogen-bond acceptors (Lipinski definition) is 1. The largest absolute Gasteiger partial charge is 0.323 e. The van der Waals surface area contributed by atoms with Gasteiger partial charge in [-0.2, -0.15) is 0 Å². The van der Waals surface area contributed by atoms with E-state index in [2.05, 4.69) is 0 Å². The first-order valence-electron chi connectivity index (χ1n) is 4.49. The maximum absolute atomic E-state index is 14.2. The smallest absolute Gasteiger partial charge is 0.150 e. The van der Waals surface area contributed by atoms with Gasteiger partial charge in [0.2, 0.25) is 0 Å².